The number of hydrogen-bond donors (Lipinski definition) is 0. The summed E-state index contributed by atoms with van der Waals surface area (Å²) in [4.78, 5) is 5.89. The molecule has 0 spiro atoms. The highest BCUT2D eigenvalue weighted by Gasteiger charge is 2.39. The lowest BCUT2D eigenvalue weighted by molar-refractivity contribution is -0.137. The first-order valence-electron chi connectivity index (χ1n) is 8.17. The maximum atomic E-state index is 13.3. The standard InChI is InChI=1S/C19H19F3N4/c1-18(2)10-15(26-7-6-24-12-26)9-17(18)25(3)14-5-4-13(11-23)16(8-14)19(20,21)22/h4-9,12,17H,10H2,1-3H3. The molecule has 0 radical (unpaired) electrons. The lowest BCUT2D eigenvalue weighted by Gasteiger charge is -2.36. The van der Waals surface area contributed by atoms with Gasteiger partial charge in [0, 0.05) is 30.8 Å². The van der Waals surface area contributed by atoms with E-state index in [-0.39, 0.29) is 17.0 Å². The molecule has 0 saturated carbocycles. The zero-order valence-corrected chi connectivity index (χ0v) is 14.7. The molecule has 0 fully saturated rings. The number of alkyl halides is 3. The zero-order chi connectivity index (χ0) is 19.1. The van der Waals surface area contributed by atoms with E-state index in [0.717, 1.165) is 18.2 Å². The zero-order valence-electron chi connectivity index (χ0n) is 14.7. The molecule has 3 rings (SSSR count). The minimum absolute atomic E-state index is 0.0890. The third-order valence-corrected chi connectivity index (χ3v) is 4.88. The highest BCUT2D eigenvalue weighted by molar-refractivity contribution is 5.60. The molecule has 0 amide bonds. The van der Waals surface area contributed by atoms with Gasteiger partial charge < -0.3 is 9.47 Å². The van der Waals surface area contributed by atoms with Crippen molar-refractivity contribution in [1.29, 1.82) is 5.26 Å². The molecule has 136 valence electrons. The van der Waals surface area contributed by atoms with Crippen LogP contribution in [0.2, 0.25) is 0 Å². The fraction of sp³-hybridized carbons (Fsp3) is 0.368. The Morgan fingerprint density at radius 2 is 2.08 bits per heavy atom. The van der Waals surface area contributed by atoms with Crippen LogP contribution in [0.1, 0.15) is 31.4 Å². The van der Waals surface area contributed by atoms with Crippen LogP contribution in [-0.4, -0.2) is 22.6 Å². The number of allylic oxidation sites excluding steroid dienone is 1. The van der Waals surface area contributed by atoms with Crippen LogP contribution < -0.4 is 4.90 Å². The van der Waals surface area contributed by atoms with Gasteiger partial charge in [-0.05, 0) is 36.1 Å². The van der Waals surface area contributed by atoms with Crippen molar-refractivity contribution in [3.63, 3.8) is 0 Å². The fourth-order valence-electron chi connectivity index (χ4n) is 3.52. The van der Waals surface area contributed by atoms with Crippen molar-refractivity contribution in [2.75, 3.05) is 11.9 Å². The van der Waals surface area contributed by atoms with Crippen LogP contribution in [-0.2, 0) is 6.18 Å². The predicted octanol–water partition coefficient (Wildman–Crippen LogP) is 4.55. The molecular formula is C19H19F3N4. The van der Waals surface area contributed by atoms with Crippen LogP contribution in [0.4, 0.5) is 18.9 Å². The van der Waals surface area contributed by atoms with Crippen molar-refractivity contribution in [1.82, 2.24) is 9.55 Å². The molecule has 1 atom stereocenters. The van der Waals surface area contributed by atoms with Gasteiger partial charge in [-0.25, -0.2) is 4.98 Å². The quantitative estimate of drug-likeness (QED) is 0.807. The van der Waals surface area contributed by atoms with Gasteiger partial charge in [0.05, 0.1) is 29.6 Å². The summed E-state index contributed by atoms with van der Waals surface area (Å²) in [7, 11) is 1.78. The van der Waals surface area contributed by atoms with Crippen molar-refractivity contribution in [2.24, 2.45) is 5.41 Å². The minimum Gasteiger partial charge on any atom is -0.368 e. The summed E-state index contributed by atoms with van der Waals surface area (Å²) in [6.45, 7) is 4.17. The number of anilines is 1. The molecular weight excluding hydrogens is 341 g/mol. The first-order chi connectivity index (χ1) is 12.1. The SMILES string of the molecule is CN(c1ccc(C#N)c(C(F)(F)F)c1)C1C=C(n2ccnc2)CC1(C)C. The predicted molar refractivity (Wildman–Crippen MR) is 93.2 cm³/mol. The van der Waals surface area contributed by atoms with Gasteiger partial charge in [-0.3, -0.25) is 0 Å². The second kappa shape index (κ2) is 6.20. The molecule has 4 nitrogen and oxygen atoms in total. The number of nitriles is 1. The molecule has 1 unspecified atom stereocenters. The maximum absolute atomic E-state index is 13.3. The van der Waals surface area contributed by atoms with E-state index in [1.165, 1.54) is 6.07 Å². The van der Waals surface area contributed by atoms with Gasteiger partial charge in [0.25, 0.3) is 0 Å². The molecule has 1 aromatic carbocycles. The van der Waals surface area contributed by atoms with Crippen LogP contribution in [0.3, 0.4) is 0 Å². The average Bonchev–Trinajstić information content (AvgIpc) is 3.20. The van der Waals surface area contributed by atoms with Crippen LogP contribution >= 0.6 is 0 Å². The van der Waals surface area contributed by atoms with Crippen LogP contribution in [0.5, 0.6) is 0 Å². The molecule has 2 aromatic rings. The third kappa shape index (κ3) is 3.19. The van der Waals surface area contributed by atoms with Crippen molar-refractivity contribution in [3.8, 4) is 6.07 Å². The summed E-state index contributed by atoms with van der Waals surface area (Å²) in [5, 5.41) is 8.96. The van der Waals surface area contributed by atoms with E-state index in [0.29, 0.717) is 5.69 Å². The normalized spacial score (nSPS) is 19.1. The molecule has 0 saturated heterocycles. The summed E-state index contributed by atoms with van der Waals surface area (Å²) in [5.41, 5.74) is 0.0567. The van der Waals surface area contributed by atoms with Crippen molar-refractivity contribution in [2.45, 2.75) is 32.5 Å². The van der Waals surface area contributed by atoms with E-state index in [1.807, 2.05) is 15.7 Å². The number of benzene rings is 1. The van der Waals surface area contributed by atoms with Gasteiger partial charge in [-0.15, -0.1) is 0 Å². The maximum Gasteiger partial charge on any atom is 0.417 e. The lowest BCUT2D eigenvalue weighted by Crippen LogP contribution is -2.39. The smallest absolute Gasteiger partial charge is 0.368 e. The van der Waals surface area contributed by atoms with Gasteiger partial charge >= 0.3 is 6.18 Å². The summed E-state index contributed by atoms with van der Waals surface area (Å²) in [6.07, 6.45) is 3.54. The molecule has 0 N–H and O–H groups in total. The first kappa shape index (κ1) is 18.1. The second-order valence-corrected chi connectivity index (χ2v) is 7.19. The van der Waals surface area contributed by atoms with E-state index in [1.54, 1.807) is 31.7 Å². The van der Waals surface area contributed by atoms with E-state index in [9.17, 15) is 13.2 Å². The Morgan fingerprint density at radius 3 is 2.65 bits per heavy atom. The number of rotatable bonds is 3. The van der Waals surface area contributed by atoms with Crippen molar-refractivity contribution < 1.29 is 13.2 Å². The Bertz CT molecular complexity index is 873. The van der Waals surface area contributed by atoms with Crippen LogP contribution in [0.25, 0.3) is 5.70 Å². The van der Waals surface area contributed by atoms with Gasteiger partial charge in [-0.2, -0.15) is 18.4 Å². The van der Waals surface area contributed by atoms with Crippen molar-refractivity contribution in [3.05, 3.63) is 54.1 Å². The summed E-state index contributed by atoms with van der Waals surface area (Å²) >= 11 is 0. The molecule has 0 bridgehead atoms. The van der Waals surface area contributed by atoms with E-state index in [2.05, 4.69) is 24.9 Å². The van der Waals surface area contributed by atoms with Crippen LogP contribution in [0, 0.1) is 16.7 Å². The molecule has 1 aliphatic carbocycles. The highest BCUT2D eigenvalue weighted by Crippen LogP contribution is 2.43. The summed E-state index contributed by atoms with van der Waals surface area (Å²) in [6, 6.07) is 5.38. The summed E-state index contributed by atoms with van der Waals surface area (Å²) < 4.78 is 41.7. The Labute approximate surface area is 150 Å². The second-order valence-electron chi connectivity index (χ2n) is 7.19. The fourth-order valence-corrected chi connectivity index (χ4v) is 3.52. The number of nitrogens with zero attached hydrogens (tertiary/aromatic N) is 4. The first-order valence-corrected chi connectivity index (χ1v) is 8.17. The van der Waals surface area contributed by atoms with E-state index in [4.69, 9.17) is 5.26 Å². The Balaban J connectivity index is 1.98. The Hall–Kier alpha value is -2.75. The monoisotopic (exact) mass is 360 g/mol. The Morgan fingerprint density at radius 1 is 1.35 bits per heavy atom. The minimum atomic E-state index is -4.56. The molecule has 1 aromatic heterocycles. The number of aromatic nitrogens is 2. The number of halogens is 3. The topological polar surface area (TPSA) is 44.9 Å². The van der Waals surface area contributed by atoms with Crippen LogP contribution in [0.15, 0.2) is 43.0 Å². The average molecular weight is 360 g/mol. The van der Waals surface area contributed by atoms with Gasteiger partial charge in [0.1, 0.15) is 0 Å². The molecule has 0 aliphatic heterocycles. The number of likely N-dealkylation sites (N-methyl/N-ethyl adjacent to an activating group) is 1. The largest absolute Gasteiger partial charge is 0.417 e. The lowest BCUT2D eigenvalue weighted by atomic mass is 9.85. The van der Waals surface area contributed by atoms with E-state index < -0.39 is 11.7 Å². The van der Waals surface area contributed by atoms with E-state index >= 15 is 0 Å². The third-order valence-electron chi connectivity index (χ3n) is 4.88. The molecule has 26 heavy (non-hydrogen) atoms. The molecule has 1 heterocycles. The van der Waals surface area contributed by atoms with Gasteiger partial charge in [0.2, 0.25) is 0 Å². The Kier molecular flexibility index (Phi) is 4.31. The highest BCUT2D eigenvalue weighted by atomic mass is 19.4. The number of imidazole rings is 1. The van der Waals surface area contributed by atoms with Gasteiger partial charge in [0.15, 0.2) is 0 Å². The molecule has 1 aliphatic rings. The molecule has 7 heteroatoms. The van der Waals surface area contributed by atoms with Crippen molar-refractivity contribution >= 4 is 11.4 Å². The van der Waals surface area contributed by atoms with Gasteiger partial charge in [-0.1, -0.05) is 13.8 Å². The number of hydrogen-bond acceptors (Lipinski definition) is 3. The summed E-state index contributed by atoms with van der Waals surface area (Å²) in [5.74, 6) is 0.